The topological polar surface area (TPSA) is 57.1 Å². The Labute approximate surface area is 125 Å². The van der Waals surface area contributed by atoms with Crippen LogP contribution in [0.15, 0.2) is 16.0 Å². The number of aliphatic hydroxyl groups is 1. The predicted molar refractivity (Wildman–Crippen MR) is 83.6 cm³/mol. The van der Waals surface area contributed by atoms with Crippen molar-refractivity contribution >= 4 is 18.3 Å². The Morgan fingerprint density at radius 2 is 2.45 bits per heavy atom. The summed E-state index contributed by atoms with van der Waals surface area (Å²) in [5, 5.41) is 9.80. The lowest BCUT2D eigenvalue weighted by molar-refractivity contribution is 0.00638. The van der Waals surface area contributed by atoms with Gasteiger partial charge in [-0.15, -0.1) is 0 Å². The minimum Gasteiger partial charge on any atom is -0.393 e. The van der Waals surface area contributed by atoms with Crippen molar-refractivity contribution in [3.05, 3.63) is 11.6 Å². The van der Waals surface area contributed by atoms with E-state index in [0.29, 0.717) is 13.0 Å². The van der Waals surface area contributed by atoms with Gasteiger partial charge in [-0.2, -0.15) is 0 Å². The van der Waals surface area contributed by atoms with Gasteiger partial charge in [0.15, 0.2) is 5.72 Å². The van der Waals surface area contributed by atoms with Crippen molar-refractivity contribution in [2.75, 3.05) is 26.7 Å². The molecule has 0 aromatic carbocycles. The van der Waals surface area contributed by atoms with E-state index >= 15 is 0 Å². The first kappa shape index (κ1) is 16.0. The third kappa shape index (κ3) is 4.05. The van der Waals surface area contributed by atoms with Gasteiger partial charge in [0.05, 0.1) is 31.1 Å². The quantitative estimate of drug-likeness (QED) is 0.554. The van der Waals surface area contributed by atoms with Gasteiger partial charge < -0.3 is 14.7 Å². The monoisotopic (exact) mass is 299 g/mol. The van der Waals surface area contributed by atoms with Crippen molar-refractivity contribution in [3.8, 4) is 0 Å². The molecule has 114 valence electrons. The van der Waals surface area contributed by atoms with E-state index in [1.54, 1.807) is 0 Å². The summed E-state index contributed by atoms with van der Waals surface area (Å²) >= 11 is 1.32. The van der Waals surface area contributed by atoms with Crippen LogP contribution in [0, 0.1) is 0 Å². The highest BCUT2D eigenvalue weighted by atomic mass is 32.2. The molecule has 0 saturated heterocycles. The van der Waals surface area contributed by atoms with Gasteiger partial charge in [0, 0.05) is 13.1 Å². The second-order valence-electron chi connectivity index (χ2n) is 5.50. The van der Waals surface area contributed by atoms with E-state index in [0.717, 1.165) is 32.4 Å². The first-order valence-corrected chi connectivity index (χ1v) is 8.11. The van der Waals surface area contributed by atoms with E-state index in [1.807, 2.05) is 6.21 Å². The van der Waals surface area contributed by atoms with E-state index in [9.17, 15) is 5.11 Å². The average molecular weight is 299 g/mol. The van der Waals surface area contributed by atoms with Gasteiger partial charge in [0.2, 0.25) is 0 Å². The summed E-state index contributed by atoms with van der Waals surface area (Å²) in [7, 11) is 2.12. The van der Waals surface area contributed by atoms with Crippen LogP contribution in [0.5, 0.6) is 0 Å². The molecule has 0 aromatic heterocycles. The van der Waals surface area contributed by atoms with Gasteiger partial charge in [0.1, 0.15) is 0 Å². The van der Waals surface area contributed by atoms with Crippen LogP contribution in [0.2, 0.25) is 0 Å². The fourth-order valence-electron chi connectivity index (χ4n) is 2.53. The molecule has 0 aliphatic carbocycles. The molecule has 2 aliphatic rings. The third-order valence-corrected chi connectivity index (χ3v) is 4.31. The van der Waals surface area contributed by atoms with Crippen LogP contribution in [0.1, 0.15) is 32.6 Å². The highest BCUT2D eigenvalue weighted by Crippen LogP contribution is 2.28. The van der Waals surface area contributed by atoms with Crippen LogP contribution >= 0.6 is 12.1 Å². The van der Waals surface area contributed by atoms with Crippen molar-refractivity contribution in [2.45, 2.75) is 44.4 Å². The lowest BCUT2D eigenvalue weighted by atomic mass is 10.00. The predicted octanol–water partition coefficient (Wildman–Crippen LogP) is 1.75. The molecule has 0 radical (unpaired) electrons. The van der Waals surface area contributed by atoms with Gasteiger partial charge in [0.25, 0.3) is 0 Å². The Morgan fingerprint density at radius 3 is 3.10 bits per heavy atom. The van der Waals surface area contributed by atoms with E-state index in [1.165, 1.54) is 17.7 Å². The highest BCUT2D eigenvalue weighted by Gasteiger charge is 2.38. The summed E-state index contributed by atoms with van der Waals surface area (Å²) in [5.74, 6) is 0. The molecule has 2 atom stereocenters. The van der Waals surface area contributed by atoms with Crippen LogP contribution in [-0.2, 0) is 4.74 Å². The van der Waals surface area contributed by atoms with Crippen LogP contribution in [0.4, 0.5) is 0 Å². The third-order valence-electron chi connectivity index (χ3n) is 3.71. The fraction of sp³-hybridized carbons (Fsp3) is 0.786. The van der Waals surface area contributed by atoms with Crippen molar-refractivity contribution in [3.63, 3.8) is 0 Å². The summed E-state index contributed by atoms with van der Waals surface area (Å²) in [4.78, 5) is 2.28. The standard InChI is InChI=1S/C14H25N3O2S/c1-3-5-13(18)7-9-19-14(11-15-20-16-14)12-6-4-8-17(2)10-12/h6,11,13,16,18H,3-5,7-10H2,1-2H3. The maximum absolute atomic E-state index is 9.80. The number of hydrogen-bond acceptors (Lipinski definition) is 6. The molecule has 0 bridgehead atoms. The SMILES string of the molecule is CCCC(O)CCOC1(C2=CCCN(C)C2)C=NSN1. The molecule has 0 amide bonds. The Kier molecular flexibility index (Phi) is 6.04. The zero-order valence-electron chi connectivity index (χ0n) is 12.3. The molecule has 0 fully saturated rings. The van der Waals surface area contributed by atoms with Crippen molar-refractivity contribution in [1.82, 2.24) is 9.62 Å². The average Bonchev–Trinajstić information content (AvgIpc) is 2.89. The van der Waals surface area contributed by atoms with E-state index in [4.69, 9.17) is 4.74 Å². The molecule has 2 aliphatic heterocycles. The molecule has 6 heteroatoms. The first-order chi connectivity index (χ1) is 9.66. The highest BCUT2D eigenvalue weighted by molar-refractivity contribution is 7.96. The van der Waals surface area contributed by atoms with E-state index < -0.39 is 5.72 Å². The summed E-state index contributed by atoms with van der Waals surface area (Å²) in [6.45, 7) is 4.58. The van der Waals surface area contributed by atoms with Crippen LogP contribution < -0.4 is 4.72 Å². The van der Waals surface area contributed by atoms with E-state index in [-0.39, 0.29) is 6.10 Å². The van der Waals surface area contributed by atoms with Gasteiger partial charge in [-0.3, -0.25) is 0 Å². The van der Waals surface area contributed by atoms with Crippen molar-refractivity contribution in [1.29, 1.82) is 0 Å². The molecular formula is C14H25N3O2S. The molecule has 2 heterocycles. The number of nitrogens with zero attached hydrogens (tertiary/aromatic N) is 2. The molecule has 2 unspecified atom stereocenters. The molecule has 0 spiro atoms. The van der Waals surface area contributed by atoms with Gasteiger partial charge in [-0.05, 0) is 31.9 Å². The zero-order valence-corrected chi connectivity index (χ0v) is 13.2. The second-order valence-corrected chi connectivity index (χ2v) is 6.10. The number of ether oxygens (including phenoxy) is 1. The number of rotatable bonds is 7. The molecule has 0 saturated carbocycles. The maximum Gasteiger partial charge on any atom is 0.189 e. The summed E-state index contributed by atoms with van der Waals surface area (Å²) in [5.41, 5.74) is 0.621. The second kappa shape index (κ2) is 7.56. The Balaban J connectivity index is 1.93. The molecule has 2 rings (SSSR count). The molecular weight excluding hydrogens is 274 g/mol. The molecule has 2 N–H and O–H groups in total. The van der Waals surface area contributed by atoms with E-state index in [2.05, 4.69) is 34.1 Å². The minimum atomic E-state index is -0.592. The molecule has 0 aromatic rings. The smallest absolute Gasteiger partial charge is 0.189 e. The zero-order chi connectivity index (χ0) is 14.4. The van der Waals surface area contributed by atoms with Crippen LogP contribution in [0.25, 0.3) is 0 Å². The van der Waals surface area contributed by atoms with Crippen LogP contribution in [-0.4, -0.2) is 54.8 Å². The fourth-order valence-corrected chi connectivity index (χ4v) is 3.16. The summed E-state index contributed by atoms with van der Waals surface area (Å²) in [6.07, 6.45) is 7.35. The van der Waals surface area contributed by atoms with Crippen molar-refractivity contribution < 1.29 is 9.84 Å². The van der Waals surface area contributed by atoms with Gasteiger partial charge in [-0.25, -0.2) is 9.12 Å². The molecule has 5 nitrogen and oxygen atoms in total. The first-order valence-electron chi connectivity index (χ1n) is 7.34. The maximum atomic E-state index is 9.80. The van der Waals surface area contributed by atoms with Gasteiger partial charge in [-0.1, -0.05) is 19.4 Å². The number of likely N-dealkylation sites (N-methyl/N-ethyl adjacent to an activating group) is 1. The Morgan fingerprint density at radius 1 is 1.60 bits per heavy atom. The summed E-state index contributed by atoms with van der Waals surface area (Å²) < 4.78 is 13.5. The summed E-state index contributed by atoms with van der Waals surface area (Å²) in [6, 6.07) is 0. The van der Waals surface area contributed by atoms with Crippen LogP contribution in [0.3, 0.4) is 0 Å². The largest absolute Gasteiger partial charge is 0.393 e. The molecule has 20 heavy (non-hydrogen) atoms. The Bertz CT molecular complexity index is 375. The number of hydrogen-bond donors (Lipinski definition) is 2. The van der Waals surface area contributed by atoms with Crippen molar-refractivity contribution in [2.24, 2.45) is 4.40 Å². The lowest BCUT2D eigenvalue weighted by Gasteiger charge is -2.34. The Hall–Kier alpha value is -0.400. The lowest BCUT2D eigenvalue weighted by Crippen LogP contribution is -2.49. The number of nitrogens with one attached hydrogen (secondary N) is 1. The number of aliphatic hydroxyl groups excluding tert-OH is 1. The minimum absolute atomic E-state index is 0.272. The normalized spacial score (nSPS) is 28.6. The van der Waals surface area contributed by atoms with Gasteiger partial charge >= 0.3 is 0 Å².